The van der Waals surface area contributed by atoms with Crippen molar-refractivity contribution >= 4 is 16.1 Å². The molecule has 2 rings (SSSR count). The van der Waals surface area contributed by atoms with E-state index in [-0.39, 0.29) is 6.61 Å². The largest absolute Gasteiger partial charge is 0.467 e. The molecule has 0 amide bonds. The summed E-state index contributed by atoms with van der Waals surface area (Å²) in [5, 5.41) is 0. The lowest BCUT2D eigenvalue weighted by Crippen LogP contribution is -2.46. The van der Waals surface area contributed by atoms with Gasteiger partial charge in [0.1, 0.15) is 18.3 Å². The van der Waals surface area contributed by atoms with Gasteiger partial charge in [-0.3, -0.25) is 4.18 Å². The number of rotatable bonds is 5. The van der Waals surface area contributed by atoms with Crippen molar-refractivity contribution in [3.8, 4) is 0 Å². The summed E-state index contributed by atoms with van der Waals surface area (Å²) < 4.78 is 55.0. The van der Waals surface area contributed by atoms with Crippen molar-refractivity contribution in [3.05, 3.63) is 0 Å². The molecule has 24 heavy (non-hydrogen) atoms. The lowest BCUT2D eigenvalue weighted by atomic mass is 10.0. The average Bonchev–Trinajstić information content (AvgIpc) is 2.90. The van der Waals surface area contributed by atoms with E-state index in [1.54, 1.807) is 27.7 Å². The molecular weight excluding hydrogens is 344 g/mol. The van der Waals surface area contributed by atoms with E-state index >= 15 is 0 Å². The molecule has 140 valence electrons. The molecule has 0 bridgehead atoms. The summed E-state index contributed by atoms with van der Waals surface area (Å²) in [5.41, 5.74) is 0. The Hall–Kier alpha value is -0.780. The highest BCUT2D eigenvalue weighted by molar-refractivity contribution is 7.85. The van der Waals surface area contributed by atoms with Gasteiger partial charge in [-0.25, -0.2) is 4.79 Å². The van der Waals surface area contributed by atoms with Gasteiger partial charge in [0.05, 0.1) is 20.0 Å². The van der Waals surface area contributed by atoms with Crippen LogP contribution in [0.3, 0.4) is 0 Å². The van der Waals surface area contributed by atoms with Crippen molar-refractivity contribution in [1.82, 2.24) is 0 Å². The maximum Gasteiger partial charge on any atom is 0.337 e. The molecule has 10 heteroatoms. The molecule has 9 nitrogen and oxygen atoms in total. The third kappa shape index (κ3) is 4.64. The summed E-state index contributed by atoms with van der Waals surface area (Å²) in [7, 11) is -2.41. The predicted molar refractivity (Wildman–Crippen MR) is 80.5 cm³/mol. The molecule has 0 unspecified atom stereocenters. The molecule has 0 aromatic carbocycles. The van der Waals surface area contributed by atoms with E-state index in [0.717, 1.165) is 6.26 Å². The Bertz CT molecular complexity index is 583. The lowest BCUT2D eigenvalue weighted by molar-refractivity contribution is -0.176. The standard InChI is InChI=1S/C14H24O9S/c1-13(2)20-8(7-19-24(6,16)17)9(21-13)10-11(12(15)18-5)23-14(3,4)22-10/h8-11H,7H2,1-6H3/t8-,9+,10+,11-/m1/s1. The third-order valence-electron chi connectivity index (χ3n) is 3.55. The number of esters is 1. The number of carbonyl (C=O) groups is 1. The first-order valence-corrected chi connectivity index (χ1v) is 9.29. The normalized spacial score (nSPS) is 35.1. The van der Waals surface area contributed by atoms with E-state index in [0.29, 0.717) is 0 Å². The summed E-state index contributed by atoms with van der Waals surface area (Å²) in [6, 6.07) is 0. The van der Waals surface area contributed by atoms with Crippen LogP contribution >= 0.6 is 0 Å². The molecule has 0 radical (unpaired) electrons. The van der Waals surface area contributed by atoms with Crippen molar-refractivity contribution in [2.24, 2.45) is 0 Å². The minimum absolute atomic E-state index is 0.263. The molecule has 2 fully saturated rings. The number of hydrogen-bond donors (Lipinski definition) is 0. The number of hydrogen-bond acceptors (Lipinski definition) is 9. The molecule has 0 N–H and O–H groups in total. The van der Waals surface area contributed by atoms with Gasteiger partial charge < -0.3 is 23.7 Å². The molecule has 2 aliphatic heterocycles. The lowest BCUT2D eigenvalue weighted by Gasteiger charge is -2.25. The highest BCUT2D eigenvalue weighted by Crippen LogP contribution is 2.38. The predicted octanol–water partition coefficient (Wildman–Crippen LogP) is 0.176. The molecule has 0 spiro atoms. The second-order valence-electron chi connectivity index (χ2n) is 6.67. The zero-order valence-corrected chi connectivity index (χ0v) is 15.4. The van der Waals surface area contributed by atoms with Crippen LogP contribution < -0.4 is 0 Å². The van der Waals surface area contributed by atoms with Crippen molar-refractivity contribution in [2.45, 2.75) is 63.7 Å². The second-order valence-corrected chi connectivity index (χ2v) is 8.32. The zero-order chi connectivity index (χ0) is 18.3. The fourth-order valence-corrected chi connectivity index (χ4v) is 3.17. The molecule has 0 aliphatic carbocycles. The third-order valence-corrected chi connectivity index (χ3v) is 4.12. The van der Waals surface area contributed by atoms with Crippen LogP contribution in [0.5, 0.6) is 0 Å². The molecular formula is C14H24O9S. The second kappa shape index (κ2) is 6.50. The van der Waals surface area contributed by atoms with Crippen LogP contribution in [0, 0.1) is 0 Å². The van der Waals surface area contributed by atoms with Crippen molar-refractivity contribution < 1.29 is 41.1 Å². The first kappa shape index (κ1) is 19.5. The van der Waals surface area contributed by atoms with Gasteiger partial charge in [-0.1, -0.05) is 0 Å². The Morgan fingerprint density at radius 1 is 1.00 bits per heavy atom. The average molecular weight is 368 g/mol. The maximum atomic E-state index is 12.0. The van der Waals surface area contributed by atoms with Gasteiger partial charge >= 0.3 is 5.97 Å². The smallest absolute Gasteiger partial charge is 0.337 e. The van der Waals surface area contributed by atoms with E-state index < -0.39 is 52.1 Å². The fourth-order valence-electron chi connectivity index (χ4n) is 2.79. The summed E-state index contributed by atoms with van der Waals surface area (Å²) in [5.74, 6) is -2.63. The van der Waals surface area contributed by atoms with Gasteiger partial charge in [-0.15, -0.1) is 0 Å². The van der Waals surface area contributed by atoms with Gasteiger partial charge in [0, 0.05) is 0 Å². The van der Waals surface area contributed by atoms with Crippen molar-refractivity contribution in [1.29, 1.82) is 0 Å². The summed E-state index contributed by atoms with van der Waals surface area (Å²) in [4.78, 5) is 12.0. The Kier molecular flexibility index (Phi) is 5.30. The minimum Gasteiger partial charge on any atom is -0.467 e. The van der Waals surface area contributed by atoms with Gasteiger partial charge in [0.15, 0.2) is 17.7 Å². The topological polar surface area (TPSA) is 107 Å². The molecule has 4 atom stereocenters. The Morgan fingerprint density at radius 2 is 1.54 bits per heavy atom. The highest BCUT2D eigenvalue weighted by Gasteiger charge is 2.56. The van der Waals surface area contributed by atoms with E-state index in [1.165, 1.54) is 7.11 Å². The number of ether oxygens (including phenoxy) is 5. The van der Waals surface area contributed by atoms with Crippen LogP contribution in [-0.4, -0.2) is 70.3 Å². The van der Waals surface area contributed by atoms with Crippen LogP contribution in [0.4, 0.5) is 0 Å². The number of carbonyl (C=O) groups excluding carboxylic acids is 1. The van der Waals surface area contributed by atoms with E-state index in [9.17, 15) is 13.2 Å². The van der Waals surface area contributed by atoms with Gasteiger partial charge in [-0.05, 0) is 27.7 Å². The van der Waals surface area contributed by atoms with Crippen molar-refractivity contribution in [3.63, 3.8) is 0 Å². The maximum absolute atomic E-state index is 12.0. The Morgan fingerprint density at radius 3 is 2.08 bits per heavy atom. The Labute approximate surface area is 141 Å². The van der Waals surface area contributed by atoms with E-state index in [1.807, 2.05) is 0 Å². The number of methoxy groups -OCH3 is 1. The monoisotopic (exact) mass is 368 g/mol. The van der Waals surface area contributed by atoms with Gasteiger partial charge in [-0.2, -0.15) is 8.42 Å². The molecule has 2 saturated heterocycles. The summed E-state index contributed by atoms with van der Waals surface area (Å²) >= 11 is 0. The molecule has 0 aromatic rings. The first-order chi connectivity index (χ1) is 10.8. The highest BCUT2D eigenvalue weighted by atomic mass is 32.2. The van der Waals surface area contributed by atoms with Gasteiger partial charge in [0.25, 0.3) is 10.1 Å². The van der Waals surface area contributed by atoms with Crippen LogP contribution in [0.15, 0.2) is 0 Å². The molecule has 0 aromatic heterocycles. The van der Waals surface area contributed by atoms with E-state index in [2.05, 4.69) is 0 Å². The summed E-state index contributed by atoms with van der Waals surface area (Å²) in [6.07, 6.45) is -2.44. The quantitative estimate of drug-likeness (QED) is 0.496. The van der Waals surface area contributed by atoms with Crippen LogP contribution in [0.1, 0.15) is 27.7 Å². The molecule has 2 aliphatic rings. The fraction of sp³-hybridized carbons (Fsp3) is 0.929. The molecule has 0 saturated carbocycles. The van der Waals surface area contributed by atoms with Crippen LogP contribution in [0.25, 0.3) is 0 Å². The first-order valence-electron chi connectivity index (χ1n) is 7.47. The Balaban J connectivity index is 2.23. The minimum atomic E-state index is -3.65. The van der Waals surface area contributed by atoms with Crippen LogP contribution in [-0.2, 0) is 42.8 Å². The van der Waals surface area contributed by atoms with Crippen LogP contribution in [0.2, 0.25) is 0 Å². The SMILES string of the molecule is COC(=O)[C@@H]1OC(C)(C)O[C@H]1[C@H]1OC(C)(C)O[C@@H]1COS(C)(=O)=O. The van der Waals surface area contributed by atoms with E-state index in [4.69, 9.17) is 27.9 Å². The summed E-state index contributed by atoms with van der Waals surface area (Å²) in [6.45, 7) is 6.40. The van der Waals surface area contributed by atoms with Gasteiger partial charge in [0.2, 0.25) is 0 Å². The zero-order valence-electron chi connectivity index (χ0n) is 14.6. The van der Waals surface area contributed by atoms with Crippen molar-refractivity contribution in [2.75, 3.05) is 20.0 Å². The molecule has 2 heterocycles.